The first-order valence-corrected chi connectivity index (χ1v) is 14.5. The molecule has 0 aromatic rings. The molecule has 2 unspecified atom stereocenters. The van der Waals surface area contributed by atoms with Crippen molar-refractivity contribution in [2.45, 2.75) is 166 Å². The minimum Gasteiger partial charge on any atom is -0.481 e. The summed E-state index contributed by atoms with van der Waals surface area (Å²) < 4.78 is 17.1. The van der Waals surface area contributed by atoms with E-state index < -0.39 is 54.9 Å². The molecule has 4 N–H and O–H groups in total. The number of carbonyl (C=O) groups excluding carboxylic acids is 1. The number of unbranched alkanes of at least 4 members (excludes halogenated alkanes) is 10. The third-order valence-electron chi connectivity index (χ3n) is 6.99. The van der Waals surface area contributed by atoms with Gasteiger partial charge in [0.15, 0.2) is 6.29 Å². The Kier molecular flexibility index (Phi) is 18.0. The Hall–Kier alpha value is -1.26. The molecule has 1 aliphatic rings. The summed E-state index contributed by atoms with van der Waals surface area (Å²) >= 11 is 0. The summed E-state index contributed by atoms with van der Waals surface area (Å²) in [5, 5.41) is 39.7. The van der Waals surface area contributed by atoms with Gasteiger partial charge in [0.05, 0.1) is 25.0 Å². The highest BCUT2D eigenvalue weighted by atomic mass is 16.7. The van der Waals surface area contributed by atoms with Crippen LogP contribution >= 0.6 is 0 Å². The van der Waals surface area contributed by atoms with Crippen LogP contribution < -0.4 is 0 Å². The fourth-order valence-electron chi connectivity index (χ4n) is 4.66. The SMILES string of the molecule is CCCCCCCCCC(CC(=O)OC(CCCCCCC)CC(=O)O)O[C@@H]1O[C@@H](C)[C@H](O)[C@@H](O)[C@H]1O. The smallest absolute Gasteiger partial charge is 0.308 e. The van der Waals surface area contributed by atoms with Crippen LogP contribution in [-0.2, 0) is 23.8 Å². The largest absolute Gasteiger partial charge is 0.481 e. The Morgan fingerprint density at radius 2 is 1.24 bits per heavy atom. The highest BCUT2D eigenvalue weighted by molar-refractivity contribution is 5.72. The summed E-state index contributed by atoms with van der Waals surface area (Å²) in [6.45, 7) is 5.88. The molecule has 1 saturated heterocycles. The van der Waals surface area contributed by atoms with Crippen LogP contribution in [0.1, 0.15) is 124 Å². The minimum atomic E-state index is -1.46. The van der Waals surface area contributed by atoms with Crippen LogP contribution in [0.25, 0.3) is 0 Å². The van der Waals surface area contributed by atoms with Gasteiger partial charge >= 0.3 is 11.9 Å². The lowest BCUT2D eigenvalue weighted by Gasteiger charge is -2.40. The molecule has 0 aromatic carbocycles. The number of hydrogen-bond acceptors (Lipinski definition) is 8. The maximum Gasteiger partial charge on any atom is 0.308 e. The van der Waals surface area contributed by atoms with E-state index in [2.05, 4.69) is 13.8 Å². The fraction of sp³-hybridized carbons (Fsp3) is 0.929. The second kappa shape index (κ2) is 19.8. The van der Waals surface area contributed by atoms with Crippen LogP contribution in [0, 0.1) is 0 Å². The lowest BCUT2D eigenvalue weighted by atomic mass is 9.99. The Balaban J connectivity index is 2.70. The Bertz CT molecular complexity index is 614. The molecule has 9 heteroatoms. The molecular formula is C28H52O9. The summed E-state index contributed by atoms with van der Waals surface area (Å²) in [6, 6.07) is 0. The van der Waals surface area contributed by atoms with Crippen LogP contribution in [-0.4, -0.2) is 75.3 Å². The third kappa shape index (κ3) is 14.5. The van der Waals surface area contributed by atoms with Gasteiger partial charge in [-0.15, -0.1) is 0 Å². The molecule has 1 aliphatic heterocycles. The zero-order chi connectivity index (χ0) is 27.6. The number of aliphatic carboxylic acids is 1. The molecular weight excluding hydrogens is 480 g/mol. The number of carbonyl (C=O) groups is 2. The summed E-state index contributed by atoms with van der Waals surface area (Å²) in [6.07, 6.45) is 5.99. The number of rotatable bonds is 21. The fourth-order valence-corrected chi connectivity index (χ4v) is 4.66. The van der Waals surface area contributed by atoms with Crippen molar-refractivity contribution in [1.29, 1.82) is 0 Å². The lowest BCUT2D eigenvalue weighted by Crippen LogP contribution is -2.58. The molecule has 1 rings (SSSR count). The monoisotopic (exact) mass is 532 g/mol. The second-order valence-corrected chi connectivity index (χ2v) is 10.5. The van der Waals surface area contributed by atoms with E-state index >= 15 is 0 Å². The van der Waals surface area contributed by atoms with Gasteiger partial charge in [-0.25, -0.2) is 0 Å². The molecule has 0 aromatic heterocycles. The van der Waals surface area contributed by atoms with Gasteiger partial charge in [0.25, 0.3) is 0 Å². The molecule has 0 spiro atoms. The Labute approximate surface area is 222 Å². The van der Waals surface area contributed by atoms with E-state index in [1.807, 2.05) is 0 Å². The molecule has 218 valence electrons. The van der Waals surface area contributed by atoms with Gasteiger partial charge in [-0.05, 0) is 26.2 Å². The van der Waals surface area contributed by atoms with E-state index in [9.17, 15) is 30.0 Å². The number of esters is 1. The van der Waals surface area contributed by atoms with Crippen molar-refractivity contribution in [1.82, 2.24) is 0 Å². The number of carboxylic acid groups (broad SMARTS) is 1. The van der Waals surface area contributed by atoms with Gasteiger partial charge < -0.3 is 34.6 Å². The van der Waals surface area contributed by atoms with Gasteiger partial charge in [-0.1, -0.05) is 84.5 Å². The average Bonchev–Trinajstić information content (AvgIpc) is 2.84. The van der Waals surface area contributed by atoms with E-state index in [0.29, 0.717) is 12.8 Å². The number of hydrogen-bond donors (Lipinski definition) is 4. The molecule has 37 heavy (non-hydrogen) atoms. The number of carboxylic acids is 1. The molecule has 0 aliphatic carbocycles. The highest BCUT2D eigenvalue weighted by Crippen LogP contribution is 2.25. The average molecular weight is 533 g/mol. The number of aliphatic hydroxyl groups is 3. The van der Waals surface area contributed by atoms with Crippen molar-refractivity contribution in [3.8, 4) is 0 Å². The van der Waals surface area contributed by atoms with Crippen molar-refractivity contribution < 1.29 is 44.2 Å². The topological polar surface area (TPSA) is 143 Å². The van der Waals surface area contributed by atoms with Gasteiger partial charge in [-0.3, -0.25) is 9.59 Å². The predicted molar refractivity (Wildman–Crippen MR) is 140 cm³/mol. The van der Waals surface area contributed by atoms with E-state index in [1.54, 1.807) is 6.92 Å². The summed E-state index contributed by atoms with van der Waals surface area (Å²) in [5.74, 6) is -1.56. The molecule has 0 saturated carbocycles. The zero-order valence-electron chi connectivity index (χ0n) is 23.2. The van der Waals surface area contributed by atoms with Crippen LogP contribution in [0.5, 0.6) is 0 Å². The van der Waals surface area contributed by atoms with Gasteiger partial charge in [0.2, 0.25) is 0 Å². The van der Waals surface area contributed by atoms with Crippen molar-refractivity contribution in [3.63, 3.8) is 0 Å². The molecule has 1 fully saturated rings. The maximum absolute atomic E-state index is 12.8. The minimum absolute atomic E-state index is 0.110. The second-order valence-electron chi connectivity index (χ2n) is 10.5. The Morgan fingerprint density at radius 1 is 0.730 bits per heavy atom. The zero-order valence-corrected chi connectivity index (χ0v) is 23.2. The summed E-state index contributed by atoms with van der Waals surface area (Å²) in [5.41, 5.74) is 0. The number of ether oxygens (including phenoxy) is 3. The van der Waals surface area contributed by atoms with Crippen molar-refractivity contribution in [3.05, 3.63) is 0 Å². The predicted octanol–water partition coefficient (Wildman–Crippen LogP) is 4.48. The first-order chi connectivity index (χ1) is 17.7. The van der Waals surface area contributed by atoms with Gasteiger partial charge in [0.1, 0.15) is 24.4 Å². The van der Waals surface area contributed by atoms with Crippen LogP contribution in [0.4, 0.5) is 0 Å². The first-order valence-electron chi connectivity index (χ1n) is 14.5. The molecule has 9 nitrogen and oxygen atoms in total. The highest BCUT2D eigenvalue weighted by Gasteiger charge is 2.43. The molecule has 1 heterocycles. The van der Waals surface area contributed by atoms with Crippen LogP contribution in [0.2, 0.25) is 0 Å². The molecule has 0 bridgehead atoms. The van der Waals surface area contributed by atoms with Gasteiger partial charge in [-0.2, -0.15) is 0 Å². The lowest BCUT2D eigenvalue weighted by molar-refractivity contribution is -0.304. The van der Waals surface area contributed by atoms with Crippen molar-refractivity contribution in [2.75, 3.05) is 0 Å². The molecule has 0 amide bonds. The molecule has 7 atom stereocenters. The van der Waals surface area contributed by atoms with E-state index in [4.69, 9.17) is 14.2 Å². The van der Waals surface area contributed by atoms with Gasteiger partial charge in [0, 0.05) is 0 Å². The van der Waals surface area contributed by atoms with E-state index in [-0.39, 0.29) is 12.8 Å². The van der Waals surface area contributed by atoms with Crippen molar-refractivity contribution in [2.24, 2.45) is 0 Å². The summed E-state index contributed by atoms with van der Waals surface area (Å²) in [7, 11) is 0. The van der Waals surface area contributed by atoms with Crippen molar-refractivity contribution >= 4 is 11.9 Å². The number of aliphatic hydroxyl groups excluding tert-OH is 3. The van der Waals surface area contributed by atoms with Crippen LogP contribution in [0.3, 0.4) is 0 Å². The quantitative estimate of drug-likeness (QED) is 0.124. The van der Waals surface area contributed by atoms with E-state index in [1.165, 1.54) is 19.3 Å². The third-order valence-corrected chi connectivity index (χ3v) is 6.99. The normalized spacial score (nSPS) is 25.5. The van der Waals surface area contributed by atoms with Crippen LogP contribution in [0.15, 0.2) is 0 Å². The maximum atomic E-state index is 12.8. The van der Waals surface area contributed by atoms with E-state index in [0.717, 1.165) is 57.8 Å². The standard InChI is InChI=1S/C28H52O9/c1-4-6-8-10-11-13-15-17-22(37-28-27(34)26(33)25(32)20(3)35-28)19-24(31)36-21(18-23(29)30)16-14-12-9-7-5-2/h20-22,25-28,32-34H,4-19H2,1-3H3,(H,29,30)/t20-,21?,22?,25-,26+,27+,28-/m0/s1. The summed E-state index contributed by atoms with van der Waals surface area (Å²) in [4.78, 5) is 24.1. The Morgan fingerprint density at radius 3 is 1.78 bits per heavy atom. The first kappa shape index (κ1) is 33.8. The molecule has 0 radical (unpaired) electrons.